The SMILES string of the molecule is CCCCCCCCC.O=S(=O)([O-])[O-]. The van der Waals surface area contributed by atoms with Crippen molar-refractivity contribution in [3.8, 4) is 0 Å². The van der Waals surface area contributed by atoms with Crippen LogP contribution >= 0.6 is 0 Å². The molecule has 0 amide bonds. The Bertz CT molecular complexity index is 173. The summed E-state index contributed by atoms with van der Waals surface area (Å²) < 4.78 is 34.1. The Balaban J connectivity index is 0. The van der Waals surface area contributed by atoms with Gasteiger partial charge in [0.1, 0.15) is 0 Å². The first-order valence-corrected chi connectivity index (χ1v) is 6.41. The molecule has 14 heavy (non-hydrogen) atoms. The first-order chi connectivity index (χ1) is 6.41. The molecule has 0 aromatic carbocycles. The van der Waals surface area contributed by atoms with Gasteiger partial charge in [-0.15, -0.1) is 0 Å². The summed E-state index contributed by atoms with van der Waals surface area (Å²) in [7, 11) is -5.17. The zero-order valence-corrected chi connectivity index (χ0v) is 9.81. The monoisotopic (exact) mass is 224 g/mol. The van der Waals surface area contributed by atoms with Crippen LogP contribution in [-0.2, 0) is 10.4 Å². The van der Waals surface area contributed by atoms with Crippen LogP contribution in [0.15, 0.2) is 0 Å². The predicted octanol–water partition coefficient (Wildman–Crippen LogP) is 2.42. The molecular weight excluding hydrogens is 204 g/mol. The van der Waals surface area contributed by atoms with Gasteiger partial charge in [0.05, 0.1) is 0 Å². The van der Waals surface area contributed by atoms with Gasteiger partial charge >= 0.3 is 0 Å². The molecule has 0 saturated heterocycles. The third-order valence-electron chi connectivity index (χ3n) is 1.71. The minimum atomic E-state index is -5.17. The van der Waals surface area contributed by atoms with Gasteiger partial charge in [-0.2, -0.15) is 0 Å². The van der Waals surface area contributed by atoms with E-state index in [0.717, 1.165) is 0 Å². The molecule has 0 spiro atoms. The zero-order valence-electron chi connectivity index (χ0n) is 8.99. The fourth-order valence-corrected chi connectivity index (χ4v) is 1.03. The van der Waals surface area contributed by atoms with E-state index in [0.29, 0.717) is 0 Å². The molecule has 0 aliphatic heterocycles. The van der Waals surface area contributed by atoms with Crippen LogP contribution in [0.3, 0.4) is 0 Å². The summed E-state index contributed by atoms with van der Waals surface area (Å²) in [4.78, 5) is 0. The van der Waals surface area contributed by atoms with Crippen LogP contribution in [0.5, 0.6) is 0 Å². The molecule has 0 saturated carbocycles. The second-order valence-electron chi connectivity index (χ2n) is 3.18. The van der Waals surface area contributed by atoms with Crippen molar-refractivity contribution < 1.29 is 17.5 Å². The smallest absolute Gasteiger partial charge is 0.0311 e. The number of hydrogen-bond acceptors (Lipinski definition) is 4. The van der Waals surface area contributed by atoms with Crippen molar-refractivity contribution in [1.29, 1.82) is 0 Å². The second kappa shape index (κ2) is 10.9. The van der Waals surface area contributed by atoms with E-state index in [1.54, 1.807) is 0 Å². The molecule has 5 heteroatoms. The highest BCUT2D eigenvalue weighted by Gasteiger charge is 1.85. The van der Waals surface area contributed by atoms with E-state index in [2.05, 4.69) is 13.8 Å². The van der Waals surface area contributed by atoms with Gasteiger partial charge in [-0.3, -0.25) is 8.42 Å². The van der Waals surface area contributed by atoms with E-state index < -0.39 is 10.4 Å². The van der Waals surface area contributed by atoms with Gasteiger partial charge in [-0.25, -0.2) is 0 Å². The summed E-state index contributed by atoms with van der Waals surface area (Å²) >= 11 is 0. The first-order valence-electron chi connectivity index (χ1n) is 5.08. The van der Waals surface area contributed by atoms with Crippen LogP contribution in [-0.4, -0.2) is 17.5 Å². The molecule has 0 aromatic heterocycles. The van der Waals surface area contributed by atoms with Crippen molar-refractivity contribution in [3.63, 3.8) is 0 Å². The lowest BCUT2D eigenvalue weighted by Gasteiger charge is -2.06. The Hall–Kier alpha value is -0.130. The van der Waals surface area contributed by atoms with Crippen LogP contribution in [0.2, 0.25) is 0 Å². The maximum atomic E-state index is 8.52. The lowest BCUT2D eigenvalue weighted by molar-refractivity contribution is 0.352. The minimum absolute atomic E-state index is 1.37. The van der Waals surface area contributed by atoms with Crippen molar-refractivity contribution in [2.24, 2.45) is 0 Å². The molecule has 0 aliphatic carbocycles. The minimum Gasteiger partial charge on any atom is -0.759 e. The molecule has 0 rings (SSSR count). The van der Waals surface area contributed by atoms with Gasteiger partial charge in [0.25, 0.3) is 0 Å². The molecule has 0 bridgehead atoms. The molecule has 4 nitrogen and oxygen atoms in total. The molecule has 0 unspecified atom stereocenters. The Kier molecular flexibility index (Phi) is 12.8. The largest absolute Gasteiger partial charge is 0.759 e. The molecular formula is C9H20O4S-2. The van der Waals surface area contributed by atoms with Crippen LogP contribution in [0.1, 0.15) is 58.8 Å². The van der Waals surface area contributed by atoms with Gasteiger partial charge in [0.2, 0.25) is 0 Å². The van der Waals surface area contributed by atoms with E-state index >= 15 is 0 Å². The van der Waals surface area contributed by atoms with Gasteiger partial charge in [0, 0.05) is 10.4 Å². The van der Waals surface area contributed by atoms with Gasteiger partial charge in [-0.05, 0) is 0 Å². The van der Waals surface area contributed by atoms with Gasteiger partial charge < -0.3 is 9.11 Å². The third-order valence-corrected chi connectivity index (χ3v) is 1.71. The summed E-state index contributed by atoms with van der Waals surface area (Å²) in [5, 5.41) is 0. The van der Waals surface area contributed by atoms with Gasteiger partial charge in [-0.1, -0.05) is 58.8 Å². The van der Waals surface area contributed by atoms with Crippen LogP contribution < -0.4 is 0 Å². The van der Waals surface area contributed by atoms with Crippen molar-refractivity contribution in [2.75, 3.05) is 0 Å². The fraction of sp³-hybridized carbons (Fsp3) is 1.00. The van der Waals surface area contributed by atoms with E-state index in [1.165, 1.54) is 44.9 Å². The van der Waals surface area contributed by atoms with Crippen LogP contribution in [0.25, 0.3) is 0 Å². The molecule has 0 fully saturated rings. The van der Waals surface area contributed by atoms with Crippen LogP contribution in [0.4, 0.5) is 0 Å². The number of hydrogen-bond donors (Lipinski definition) is 0. The maximum absolute atomic E-state index is 8.52. The highest BCUT2D eigenvalue weighted by Crippen LogP contribution is 2.05. The predicted molar refractivity (Wildman–Crippen MR) is 54.1 cm³/mol. The second-order valence-corrected chi connectivity index (χ2v) is 3.99. The Labute approximate surface area is 87.3 Å². The molecule has 0 radical (unpaired) electrons. The highest BCUT2D eigenvalue weighted by molar-refractivity contribution is 7.79. The van der Waals surface area contributed by atoms with Crippen molar-refractivity contribution in [1.82, 2.24) is 0 Å². The fourth-order valence-electron chi connectivity index (χ4n) is 1.03. The van der Waals surface area contributed by atoms with E-state index in [1.807, 2.05) is 0 Å². The van der Waals surface area contributed by atoms with Crippen molar-refractivity contribution in [2.45, 2.75) is 58.8 Å². The standard InChI is InChI=1S/C9H20.H2O4S/c1-3-5-7-9-8-6-4-2;1-5(2,3)4/h3-9H2,1-2H3;(H2,1,2,3,4)/p-2. The molecule has 88 valence electrons. The summed E-state index contributed by atoms with van der Waals surface area (Å²) in [6.45, 7) is 4.53. The van der Waals surface area contributed by atoms with E-state index in [-0.39, 0.29) is 0 Å². The summed E-state index contributed by atoms with van der Waals surface area (Å²) in [5.41, 5.74) is 0. The normalized spacial score (nSPS) is 10.6. The average Bonchev–Trinajstić information content (AvgIpc) is 2.01. The van der Waals surface area contributed by atoms with E-state index in [4.69, 9.17) is 17.5 Å². The zero-order chi connectivity index (χ0) is 11.4. The van der Waals surface area contributed by atoms with Crippen LogP contribution in [0, 0.1) is 0 Å². The topological polar surface area (TPSA) is 80.3 Å². The summed E-state index contributed by atoms with van der Waals surface area (Å²) in [6.07, 6.45) is 9.97. The Morgan fingerprint density at radius 1 is 0.786 bits per heavy atom. The first kappa shape index (κ1) is 16.3. The molecule has 0 heterocycles. The molecule has 0 aliphatic rings. The Morgan fingerprint density at radius 3 is 1.21 bits per heavy atom. The number of unbranched alkanes of at least 4 members (excludes halogenated alkanes) is 6. The van der Waals surface area contributed by atoms with Gasteiger partial charge in [0.15, 0.2) is 0 Å². The molecule has 0 atom stereocenters. The summed E-state index contributed by atoms with van der Waals surface area (Å²) in [6, 6.07) is 0. The quantitative estimate of drug-likeness (QED) is 0.394. The van der Waals surface area contributed by atoms with E-state index in [9.17, 15) is 0 Å². The lowest BCUT2D eigenvalue weighted by atomic mass is 10.1. The third kappa shape index (κ3) is 40.7. The summed E-state index contributed by atoms with van der Waals surface area (Å²) in [5.74, 6) is 0. The Morgan fingerprint density at radius 2 is 1.00 bits per heavy atom. The highest BCUT2D eigenvalue weighted by atomic mass is 32.3. The maximum Gasteiger partial charge on any atom is 0.0311 e. The average molecular weight is 224 g/mol. The molecule has 0 aromatic rings. The van der Waals surface area contributed by atoms with Crippen molar-refractivity contribution >= 4 is 10.4 Å². The number of rotatable bonds is 6. The lowest BCUT2D eigenvalue weighted by Crippen LogP contribution is -1.91. The molecule has 0 N–H and O–H groups in total. The van der Waals surface area contributed by atoms with Crippen molar-refractivity contribution in [3.05, 3.63) is 0 Å².